The molecule has 0 spiro atoms. The van der Waals surface area contributed by atoms with Gasteiger partial charge in [-0.25, -0.2) is 4.68 Å². The maximum absolute atomic E-state index is 3.74. The van der Waals surface area contributed by atoms with E-state index >= 15 is 0 Å². The molecule has 21 heavy (non-hydrogen) atoms. The van der Waals surface area contributed by atoms with Crippen molar-refractivity contribution < 1.29 is 0 Å². The Labute approximate surface area is 128 Å². The van der Waals surface area contributed by atoms with Gasteiger partial charge in [-0.2, -0.15) is 0 Å². The molecule has 116 valence electrons. The fourth-order valence-electron chi connectivity index (χ4n) is 2.07. The second kappa shape index (κ2) is 12.1. The largest absolute Gasteiger partial charge is 0.201 e. The summed E-state index contributed by atoms with van der Waals surface area (Å²) in [6.45, 7) is 4.54. The first-order valence-electron chi connectivity index (χ1n) is 8.16. The van der Waals surface area contributed by atoms with E-state index in [0.29, 0.717) is 0 Å². The summed E-state index contributed by atoms with van der Waals surface area (Å²) in [4.78, 5) is 0. The molecule has 0 fully saturated rings. The number of hydrogen-bond donors (Lipinski definition) is 0. The molecule has 4 nitrogen and oxygen atoms in total. The third kappa shape index (κ3) is 8.23. The molecule has 0 amide bonds. The molecule has 0 radical (unpaired) electrons. The number of tetrazole rings is 1. The molecule has 2 rings (SSSR count). The lowest BCUT2D eigenvalue weighted by molar-refractivity contribution is 0.585. The fourth-order valence-corrected chi connectivity index (χ4v) is 2.07. The van der Waals surface area contributed by atoms with Crippen LogP contribution in [0.1, 0.15) is 65.2 Å². The van der Waals surface area contributed by atoms with Crippen molar-refractivity contribution in [3.8, 4) is 5.69 Å². The Morgan fingerprint density at radius 2 is 1.38 bits per heavy atom. The van der Waals surface area contributed by atoms with Crippen molar-refractivity contribution in [1.29, 1.82) is 0 Å². The van der Waals surface area contributed by atoms with Crippen LogP contribution in [0.4, 0.5) is 0 Å². The molecule has 0 saturated heterocycles. The number of unbranched alkanes of at least 4 members (excludes halogenated alkanes) is 7. The quantitative estimate of drug-likeness (QED) is 0.655. The number of para-hydroxylation sites is 1. The van der Waals surface area contributed by atoms with Gasteiger partial charge in [-0.1, -0.05) is 83.4 Å². The molecule has 0 N–H and O–H groups in total. The molecule has 1 aromatic carbocycles. The summed E-state index contributed by atoms with van der Waals surface area (Å²) in [5, 5.41) is 10.8. The minimum Gasteiger partial charge on any atom is -0.201 e. The Morgan fingerprint density at radius 3 is 1.86 bits per heavy atom. The minimum absolute atomic E-state index is 0.970. The topological polar surface area (TPSA) is 43.6 Å². The normalized spacial score (nSPS) is 10.0. The molecule has 0 unspecified atom stereocenters. The molecule has 0 bridgehead atoms. The van der Waals surface area contributed by atoms with Crippen molar-refractivity contribution in [2.75, 3.05) is 0 Å². The fraction of sp³-hybridized carbons (Fsp3) is 0.588. The van der Waals surface area contributed by atoms with Crippen molar-refractivity contribution in [3.63, 3.8) is 0 Å². The lowest BCUT2D eigenvalue weighted by Gasteiger charge is -1.97. The molecule has 0 aliphatic rings. The highest BCUT2D eigenvalue weighted by molar-refractivity contribution is 5.28. The number of benzene rings is 1. The molecule has 0 atom stereocenters. The monoisotopic (exact) mass is 288 g/mol. The third-order valence-corrected chi connectivity index (χ3v) is 3.33. The summed E-state index contributed by atoms with van der Waals surface area (Å²) in [6, 6.07) is 9.72. The van der Waals surface area contributed by atoms with Crippen LogP contribution in [0, 0.1) is 0 Å². The standard InChI is InChI=1S/C10H22.C7H6N4/c1-3-5-7-9-10-8-6-4-2;1-2-4-7(5-3-1)11-6-8-9-10-11/h3-10H2,1-2H3;1-6H. The van der Waals surface area contributed by atoms with E-state index in [9.17, 15) is 0 Å². The first kappa shape index (κ1) is 17.3. The summed E-state index contributed by atoms with van der Waals surface area (Å²) in [6.07, 6.45) is 13.0. The zero-order valence-corrected chi connectivity index (χ0v) is 13.4. The molecule has 1 aromatic heterocycles. The van der Waals surface area contributed by atoms with Crippen LogP contribution in [0.25, 0.3) is 5.69 Å². The average Bonchev–Trinajstić information content (AvgIpc) is 3.07. The van der Waals surface area contributed by atoms with Gasteiger partial charge in [-0.05, 0) is 22.6 Å². The number of aromatic nitrogens is 4. The first-order chi connectivity index (χ1) is 10.4. The van der Waals surface area contributed by atoms with Gasteiger partial charge >= 0.3 is 0 Å². The highest BCUT2D eigenvalue weighted by Crippen LogP contribution is 2.07. The first-order valence-corrected chi connectivity index (χ1v) is 8.16. The van der Waals surface area contributed by atoms with Crippen LogP contribution in [0.5, 0.6) is 0 Å². The van der Waals surface area contributed by atoms with Gasteiger partial charge in [0.25, 0.3) is 0 Å². The van der Waals surface area contributed by atoms with Crippen molar-refractivity contribution in [1.82, 2.24) is 20.2 Å². The molecule has 0 saturated carbocycles. The summed E-state index contributed by atoms with van der Waals surface area (Å²) in [5.74, 6) is 0. The molecule has 2 aromatic rings. The number of hydrogen-bond acceptors (Lipinski definition) is 3. The Balaban J connectivity index is 0.000000212. The Morgan fingerprint density at radius 1 is 0.810 bits per heavy atom. The highest BCUT2D eigenvalue weighted by atomic mass is 15.5. The molecule has 0 aliphatic carbocycles. The second-order valence-corrected chi connectivity index (χ2v) is 5.21. The summed E-state index contributed by atoms with van der Waals surface area (Å²) in [5.41, 5.74) is 0.970. The maximum atomic E-state index is 3.74. The Hall–Kier alpha value is -1.71. The van der Waals surface area contributed by atoms with E-state index in [2.05, 4.69) is 29.4 Å². The van der Waals surface area contributed by atoms with E-state index in [4.69, 9.17) is 0 Å². The smallest absolute Gasteiger partial charge is 0.143 e. The van der Waals surface area contributed by atoms with Gasteiger partial charge in [0.1, 0.15) is 6.33 Å². The lowest BCUT2D eigenvalue weighted by Crippen LogP contribution is -1.93. The van der Waals surface area contributed by atoms with Crippen molar-refractivity contribution in [2.24, 2.45) is 0 Å². The van der Waals surface area contributed by atoms with Crippen LogP contribution in [-0.4, -0.2) is 20.2 Å². The number of nitrogens with zero attached hydrogens (tertiary/aromatic N) is 4. The maximum Gasteiger partial charge on any atom is 0.143 e. The van der Waals surface area contributed by atoms with Crippen molar-refractivity contribution in [3.05, 3.63) is 36.7 Å². The number of rotatable bonds is 8. The SMILES string of the molecule is CCCCCCCCCC.c1ccc(-n2cnnn2)cc1. The van der Waals surface area contributed by atoms with E-state index in [1.54, 1.807) is 11.0 Å². The van der Waals surface area contributed by atoms with Crippen LogP contribution in [0.15, 0.2) is 36.7 Å². The zero-order chi connectivity index (χ0) is 15.2. The zero-order valence-electron chi connectivity index (χ0n) is 13.4. The van der Waals surface area contributed by atoms with Crippen molar-refractivity contribution in [2.45, 2.75) is 65.2 Å². The Bertz CT molecular complexity index is 417. The summed E-state index contributed by atoms with van der Waals surface area (Å²) < 4.78 is 1.61. The molecular weight excluding hydrogens is 260 g/mol. The van der Waals surface area contributed by atoms with E-state index in [1.165, 1.54) is 51.4 Å². The third-order valence-electron chi connectivity index (χ3n) is 3.33. The van der Waals surface area contributed by atoms with Gasteiger partial charge in [0, 0.05) is 0 Å². The van der Waals surface area contributed by atoms with Crippen LogP contribution >= 0.6 is 0 Å². The van der Waals surface area contributed by atoms with Gasteiger partial charge in [-0.15, -0.1) is 5.10 Å². The predicted octanol–water partition coefficient (Wildman–Crippen LogP) is 4.81. The van der Waals surface area contributed by atoms with Gasteiger partial charge in [0.2, 0.25) is 0 Å². The van der Waals surface area contributed by atoms with Gasteiger partial charge in [0.05, 0.1) is 5.69 Å². The average molecular weight is 288 g/mol. The van der Waals surface area contributed by atoms with Crippen LogP contribution in [-0.2, 0) is 0 Å². The predicted molar refractivity (Wildman–Crippen MR) is 87.4 cm³/mol. The van der Waals surface area contributed by atoms with E-state index in [1.807, 2.05) is 30.3 Å². The Kier molecular flexibility index (Phi) is 9.96. The molecular formula is C17H28N4. The van der Waals surface area contributed by atoms with Gasteiger partial charge in [0.15, 0.2) is 0 Å². The van der Waals surface area contributed by atoms with Crippen molar-refractivity contribution >= 4 is 0 Å². The van der Waals surface area contributed by atoms with E-state index in [-0.39, 0.29) is 0 Å². The van der Waals surface area contributed by atoms with Crippen LogP contribution in [0.3, 0.4) is 0 Å². The van der Waals surface area contributed by atoms with E-state index in [0.717, 1.165) is 5.69 Å². The molecule has 1 heterocycles. The molecule has 4 heteroatoms. The van der Waals surface area contributed by atoms with E-state index < -0.39 is 0 Å². The summed E-state index contributed by atoms with van der Waals surface area (Å²) in [7, 11) is 0. The minimum atomic E-state index is 0.970. The highest BCUT2D eigenvalue weighted by Gasteiger charge is 1.92. The summed E-state index contributed by atoms with van der Waals surface area (Å²) >= 11 is 0. The van der Waals surface area contributed by atoms with Gasteiger partial charge < -0.3 is 0 Å². The van der Waals surface area contributed by atoms with Crippen LogP contribution in [0.2, 0.25) is 0 Å². The molecule has 0 aliphatic heterocycles. The van der Waals surface area contributed by atoms with Gasteiger partial charge in [-0.3, -0.25) is 0 Å². The van der Waals surface area contributed by atoms with Crippen LogP contribution < -0.4 is 0 Å². The lowest BCUT2D eigenvalue weighted by atomic mass is 10.1. The second-order valence-electron chi connectivity index (χ2n) is 5.21.